The number of cyclic esters (lactones) is 2. The maximum atomic E-state index is 13.2. The van der Waals surface area contributed by atoms with Crippen LogP contribution in [0.15, 0.2) is 28.5 Å². The SMILES string of the molecule is CCN(CC)CC(COCCCCOCC(CN(CC)CC)OC(=O)CC/C(C)=C/Cc1c(N=O)c2c(c(C)c1OC)COC(=O)C2)OC(=O)CC/C(C)=C/Cc1c(O)c2c(c(C)c1OC)COC2=O. The number of carbonyl (C=O) groups excluding carboxylic acids is 4. The zero-order chi connectivity index (χ0) is 51.3. The molecule has 2 aliphatic heterocycles. The maximum absolute atomic E-state index is 13.2. The Morgan fingerprint density at radius 1 is 0.700 bits per heavy atom. The highest BCUT2D eigenvalue weighted by molar-refractivity contribution is 5.98. The van der Waals surface area contributed by atoms with Gasteiger partial charge in [-0.3, -0.25) is 14.4 Å². The molecule has 1 N–H and O–H groups in total. The number of esters is 4. The Morgan fingerprint density at radius 3 is 1.66 bits per heavy atom. The van der Waals surface area contributed by atoms with Crippen LogP contribution in [-0.4, -0.2) is 131 Å². The van der Waals surface area contributed by atoms with Crippen LogP contribution in [0.2, 0.25) is 0 Å². The van der Waals surface area contributed by atoms with Crippen LogP contribution >= 0.6 is 0 Å². The molecule has 0 saturated heterocycles. The summed E-state index contributed by atoms with van der Waals surface area (Å²) in [4.78, 5) is 67.1. The van der Waals surface area contributed by atoms with E-state index < -0.39 is 24.1 Å². The average Bonchev–Trinajstić information content (AvgIpc) is 3.75. The Kier molecular flexibility index (Phi) is 23.8. The Labute approximate surface area is 414 Å². The molecular formula is C53H77N3O14. The molecule has 0 spiro atoms. The van der Waals surface area contributed by atoms with Crippen LogP contribution in [0.3, 0.4) is 0 Å². The number of fused-ring (bicyclic) bond motifs is 2. The average molecular weight is 980 g/mol. The van der Waals surface area contributed by atoms with Crippen molar-refractivity contribution in [3.8, 4) is 17.2 Å². The third kappa shape index (κ3) is 16.1. The smallest absolute Gasteiger partial charge is 0.342 e. The first-order valence-corrected chi connectivity index (χ1v) is 24.7. The molecule has 2 heterocycles. The molecule has 2 unspecified atom stereocenters. The zero-order valence-corrected chi connectivity index (χ0v) is 43.3. The second-order valence-corrected chi connectivity index (χ2v) is 17.8. The molecule has 17 nitrogen and oxygen atoms in total. The Bertz CT molecular complexity index is 2180. The number of carbonyl (C=O) groups is 4. The number of methoxy groups -OCH3 is 2. The molecule has 0 aliphatic carbocycles. The van der Waals surface area contributed by atoms with Gasteiger partial charge in [0.15, 0.2) is 0 Å². The van der Waals surface area contributed by atoms with Crippen molar-refractivity contribution in [2.45, 2.75) is 139 Å². The van der Waals surface area contributed by atoms with Gasteiger partial charge in [-0.05, 0) is 114 Å². The molecule has 2 atom stereocenters. The van der Waals surface area contributed by atoms with Crippen LogP contribution in [0.4, 0.5) is 5.69 Å². The summed E-state index contributed by atoms with van der Waals surface area (Å²) in [5, 5.41) is 14.3. The van der Waals surface area contributed by atoms with E-state index in [0.717, 1.165) is 66.9 Å². The lowest BCUT2D eigenvalue weighted by Gasteiger charge is -2.25. The molecule has 70 heavy (non-hydrogen) atoms. The van der Waals surface area contributed by atoms with E-state index in [9.17, 15) is 29.2 Å². The number of phenolic OH excluding ortho intramolecular Hbond substituents is 1. The maximum Gasteiger partial charge on any atom is 0.342 e. The lowest BCUT2D eigenvalue weighted by molar-refractivity contribution is -0.154. The lowest BCUT2D eigenvalue weighted by atomic mass is 9.90. The van der Waals surface area contributed by atoms with E-state index in [0.29, 0.717) is 85.7 Å². The van der Waals surface area contributed by atoms with E-state index in [2.05, 4.69) is 42.7 Å². The van der Waals surface area contributed by atoms with E-state index in [1.54, 1.807) is 0 Å². The summed E-state index contributed by atoms with van der Waals surface area (Å²) in [6, 6.07) is 0. The normalized spacial score (nSPS) is 14.5. The molecule has 0 radical (unpaired) electrons. The van der Waals surface area contributed by atoms with Gasteiger partial charge in [0.05, 0.1) is 33.9 Å². The predicted molar refractivity (Wildman–Crippen MR) is 265 cm³/mol. The topological polar surface area (TPSA) is 198 Å². The van der Waals surface area contributed by atoms with Crippen LogP contribution in [0.5, 0.6) is 17.2 Å². The monoisotopic (exact) mass is 980 g/mol. The Morgan fingerprint density at radius 2 is 1.17 bits per heavy atom. The summed E-state index contributed by atoms with van der Waals surface area (Å²) in [5.41, 5.74) is 6.88. The fourth-order valence-corrected chi connectivity index (χ4v) is 8.83. The standard InChI is InChI=1S/C53H77N3O14/c1-11-55(12-2)28-38(69-45(57)23-19-34(5)17-21-40-49(54-62)42-27-47(59)67-32-43(42)36(7)51(40)63-9)30-65-25-15-16-26-66-31-39(29-56(13-3)14-4)70-46(58)24-20-35(6)18-22-41-50(60)48-44(33-68-53(48)61)37(8)52(41)64-10/h17-18,38-39,60H,11-16,19-33H2,1-10H3/b34-17+,35-18+. The third-order valence-corrected chi connectivity index (χ3v) is 13.1. The van der Waals surface area contributed by atoms with Crippen molar-refractivity contribution < 1.29 is 62.2 Å². The molecule has 4 rings (SSSR count). The molecular weight excluding hydrogens is 903 g/mol. The highest BCUT2D eigenvalue weighted by atomic mass is 16.6. The Balaban J connectivity index is 1.21. The second kappa shape index (κ2) is 29.1. The predicted octanol–water partition coefficient (Wildman–Crippen LogP) is 8.25. The number of rotatable bonds is 32. The van der Waals surface area contributed by atoms with Gasteiger partial charge in [0.25, 0.3) is 0 Å². The van der Waals surface area contributed by atoms with Crippen molar-refractivity contribution >= 4 is 29.6 Å². The molecule has 388 valence electrons. The lowest BCUT2D eigenvalue weighted by Crippen LogP contribution is -2.38. The molecule has 0 amide bonds. The van der Waals surface area contributed by atoms with Gasteiger partial charge in [0.1, 0.15) is 53.9 Å². The highest BCUT2D eigenvalue weighted by Crippen LogP contribution is 2.43. The second-order valence-electron chi connectivity index (χ2n) is 17.8. The van der Waals surface area contributed by atoms with Crippen molar-refractivity contribution in [1.82, 2.24) is 9.80 Å². The number of hydrogen-bond donors (Lipinski definition) is 1. The number of phenols is 1. The number of ether oxygens (including phenoxy) is 8. The van der Waals surface area contributed by atoms with Crippen molar-refractivity contribution in [2.24, 2.45) is 5.18 Å². The number of likely N-dealkylation sites (N-methyl/N-ethyl adjacent to an activating group) is 2. The van der Waals surface area contributed by atoms with Gasteiger partial charge in [-0.25, -0.2) is 4.79 Å². The number of nitroso groups, excluding NO2 is 1. The zero-order valence-electron chi connectivity index (χ0n) is 43.3. The minimum absolute atomic E-state index is 0.0242. The highest BCUT2D eigenvalue weighted by Gasteiger charge is 2.32. The quantitative estimate of drug-likeness (QED) is 0.0241. The minimum atomic E-state index is -0.549. The van der Waals surface area contributed by atoms with Crippen molar-refractivity contribution in [3.63, 3.8) is 0 Å². The Hall–Kier alpha value is -5.36. The fourth-order valence-electron chi connectivity index (χ4n) is 8.83. The van der Waals surface area contributed by atoms with Gasteiger partial charge >= 0.3 is 23.9 Å². The van der Waals surface area contributed by atoms with E-state index in [4.69, 9.17) is 37.9 Å². The van der Waals surface area contributed by atoms with Crippen LogP contribution in [-0.2, 0) is 75.3 Å². The van der Waals surface area contributed by atoms with Crippen molar-refractivity contribution in [3.05, 3.63) is 72.7 Å². The van der Waals surface area contributed by atoms with E-state index in [1.807, 2.05) is 39.8 Å². The third-order valence-electron chi connectivity index (χ3n) is 13.1. The molecule has 0 saturated carbocycles. The van der Waals surface area contributed by atoms with Gasteiger partial charge in [-0.2, -0.15) is 0 Å². The number of aromatic hydroxyl groups is 1. The van der Waals surface area contributed by atoms with Gasteiger partial charge in [-0.1, -0.05) is 51.0 Å². The molecule has 2 aromatic carbocycles. The molecule has 17 heteroatoms. The van der Waals surface area contributed by atoms with E-state index in [1.165, 1.54) is 14.2 Å². The van der Waals surface area contributed by atoms with E-state index in [-0.39, 0.29) is 74.6 Å². The number of hydrogen-bond acceptors (Lipinski definition) is 17. The summed E-state index contributed by atoms with van der Waals surface area (Å²) >= 11 is 0. The van der Waals surface area contributed by atoms with Crippen LogP contribution in [0, 0.1) is 18.8 Å². The summed E-state index contributed by atoms with van der Waals surface area (Å²) < 4.78 is 45.6. The summed E-state index contributed by atoms with van der Waals surface area (Å²) in [6.07, 6.45) is 6.29. The van der Waals surface area contributed by atoms with Crippen LogP contribution in [0.1, 0.15) is 129 Å². The largest absolute Gasteiger partial charge is 0.507 e. The van der Waals surface area contributed by atoms with Gasteiger partial charge < -0.3 is 52.8 Å². The minimum Gasteiger partial charge on any atom is -0.507 e. The fraction of sp³-hybridized carbons (Fsp3) is 0.623. The van der Waals surface area contributed by atoms with Crippen LogP contribution in [0.25, 0.3) is 0 Å². The number of unbranched alkanes of at least 4 members (excludes halogenated alkanes) is 1. The van der Waals surface area contributed by atoms with Crippen molar-refractivity contribution in [2.75, 3.05) is 79.9 Å². The molecule has 0 fully saturated rings. The molecule has 0 aromatic heterocycles. The number of allylic oxidation sites excluding steroid dienone is 4. The van der Waals surface area contributed by atoms with Gasteiger partial charge in [0, 0.05) is 61.4 Å². The summed E-state index contributed by atoms with van der Waals surface area (Å²) in [7, 11) is 3.07. The molecule has 0 bridgehead atoms. The first-order valence-electron chi connectivity index (χ1n) is 24.7. The van der Waals surface area contributed by atoms with Gasteiger partial charge in [-0.15, -0.1) is 4.91 Å². The summed E-state index contributed by atoms with van der Waals surface area (Å²) in [5.74, 6) is -0.694. The molecule has 2 aliphatic rings. The van der Waals surface area contributed by atoms with Crippen LogP contribution < -0.4 is 9.47 Å². The van der Waals surface area contributed by atoms with E-state index >= 15 is 0 Å². The van der Waals surface area contributed by atoms with Crippen molar-refractivity contribution in [1.29, 1.82) is 0 Å². The summed E-state index contributed by atoms with van der Waals surface area (Å²) in [6.45, 7) is 21.7. The number of nitrogens with zero attached hydrogens (tertiary/aromatic N) is 3. The first-order chi connectivity index (χ1) is 33.6. The van der Waals surface area contributed by atoms with Gasteiger partial charge in [0.2, 0.25) is 0 Å². The number of benzene rings is 2. The molecule has 2 aromatic rings. The first kappa shape index (κ1) is 57.2.